The maximum atomic E-state index is 12.0. The molecule has 0 aliphatic carbocycles. The van der Waals surface area contributed by atoms with Gasteiger partial charge in [-0.25, -0.2) is 4.79 Å². The lowest BCUT2D eigenvalue weighted by Crippen LogP contribution is -2.19. The summed E-state index contributed by atoms with van der Waals surface area (Å²) in [7, 11) is 0. The second-order valence-electron chi connectivity index (χ2n) is 7.35. The molecule has 0 saturated heterocycles. The van der Waals surface area contributed by atoms with E-state index in [1.54, 1.807) is 0 Å². The van der Waals surface area contributed by atoms with Crippen LogP contribution < -0.4 is 0 Å². The van der Waals surface area contributed by atoms with Crippen molar-refractivity contribution in [2.75, 3.05) is 11.9 Å². The highest BCUT2D eigenvalue weighted by molar-refractivity contribution is 9.09. The third kappa shape index (κ3) is 18.5. The molecule has 156 valence electrons. The van der Waals surface area contributed by atoms with Gasteiger partial charge in [0.25, 0.3) is 0 Å². The molecule has 26 heavy (non-hydrogen) atoms. The van der Waals surface area contributed by atoms with Gasteiger partial charge < -0.3 is 9.47 Å². The monoisotopic (exact) mass is 434 g/mol. The Bertz CT molecular complexity index is 297. The molecule has 0 saturated carbocycles. The Morgan fingerprint density at radius 1 is 0.731 bits per heavy atom. The van der Waals surface area contributed by atoms with Gasteiger partial charge in [-0.15, -0.1) is 0 Å². The van der Waals surface area contributed by atoms with Crippen LogP contribution in [0.5, 0.6) is 0 Å². The number of carbonyl (C=O) groups excluding carboxylic acids is 1. The standard InChI is InChI=1S/C22H43BrO3/c1-3-5-7-9-10-14-18-21(17-13-8-6-4-2)26-22(24)25-20-16-12-11-15-19-23/h21H,3-20H2,1-2H3. The maximum absolute atomic E-state index is 12.0. The van der Waals surface area contributed by atoms with Crippen LogP contribution in [0.15, 0.2) is 0 Å². The largest absolute Gasteiger partial charge is 0.508 e. The molecule has 0 amide bonds. The third-order valence-corrected chi connectivity index (χ3v) is 5.33. The molecule has 0 N–H and O–H groups in total. The van der Waals surface area contributed by atoms with Gasteiger partial charge in [-0.2, -0.15) is 0 Å². The van der Waals surface area contributed by atoms with Crippen molar-refractivity contribution in [3.8, 4) is 0 Å². The molecule has 0 aliphatic rings. The molecule has 0 radical (unpaired) electrons. The van der Waals surface area contributed by atoms with Crippen molar-refractivity contribution in [2.24, 2.45) is 0 Å². The lowest BCUT2D eigenvalue weighted by atomic mass is 10.0. The minimum absolute atomic E-state index is 0.0407. The van der Waals surface area contributed by atoms with Crippen molar-refractivity contribution in [3.63, 3.8) is 0 Å². The second kappa shape index (κ2) is 21.1. The lowest BCUT2D eigenvalue weighted by Gasteiger charge is -2.18. The van der Waals surface area contributed by atoms with E-state index in [0.29, 0.717) is 6.61 Å². The fourth-order valence-electron chi connectivity index (χ4n) is 3.09. The van der Waals surface area contributed by atoms with Crippen molar-refractivity contribution in [3.05, 3.63) is 0 Å². The minimum atomic E-state index is -0.461. The Hall–Kier alpha value is -0.250. The van der Waals surface area contributed by atoms with Crippen LogP contribution in [0.25, 0.3) is 0 Å². The summed E-state index contributed by atoms with van der Waals surface area (Å²) < 4.78 is 10.9. The fraction of sp³-hybridized carbons (Fsp3) is 0.955. The smallest absolute Gasteiger partial charge is 0.434 e. The van der Waals surface area contributed by atoms with E-state index in [1.165, 1.54) is 64.2 Å². The van der Waals surface area contributed by atoms with Gasteiger partial charge in [-0.3, -0.25) is 0 Å². The number of halogens is 1. The van der Waals surface area contributed by atoms with E-state index in [1.807, 2.05) is 0 Å². The highest BCUT2D eigenvalue weighted by atomic mass is 79.9. The third-order valence-electron chi connectivity index (χ3n) is 4.77. The predicted octanol–water partition coefficient (Wildman–Crippen LogP) is 8.18. The van der Waals surface area contributed by atoms with Crippen molar-refractivity contribution in [1.29, 1.82) is 0 Å². The van der Waals surface area contributed by atoms with E-state index in [-0.39, 0.29) is 6.10 Å². The number of hydrogen-bond acceptors (Lipinski definition) is 3. The Morgan fingerprint density at radius 3 is 1.85 bits per heavy atom. The Kier molecular flexibility index (Phi) is 20.9. The zero-order valence-electron chi connectivity index (χ0n) is 17.4. The van der Waals surface area contributed by atoms with E-state index < -0.39 is 6.16 Å². The molecule has 0 fully saturated rings. The van der Waals surface area contributed by atoms with Crippen molar-refractivity contribution in [2.45, 2.75) is 123 Å². The first-order valence-corrected chi connectivity index (χ1v) is 12.3. The molecule has 0 bridgehead atoms. The SMILES string of the molecule is CCCCCCCCC(CCCCCC)OC(=O)OCCCCCCBr. The number of hydrogen-bond donors (Lipinski definition) is 0. The van der Waals surface area contributed by atoms with Gasteiger partial charge in [-0.1, -0.05) is 94.0 Å². The quantitative estimate of drug-likeness (QED) is 0.117. The van der Waals surface area contributed by atoms with Gasteiger partial charge in [0.1, 0.15) is 6.10 Å². The summed E-state index contributed by atoms with van der Waals surface area (Å²) in [5.41, 5.74) is 0. The summed E-state index contributed by atoms with van der Waals surface area (Å²) in [5.74, 6) is 0. The molecule has 0 heterocycles. The highest BCUT2D eigenvalue weighted by Gasteiger charge is 2.15. The van der Waals surface area contributed by atoms with E-state index >= 15 is 0 Å². The fourth-order valence-corrected chi connectivity index (χ4v) is 3.49. The normalized spacial score (nSPS) is 12.1. The zero-order chi connectivity index (χ0) is 19.3. The predicted molar refractivity (Wildman–Crippen MR) is 115 cm³/mol. The first-order valence-electron chi connectivity index (χ1n) is 11.1. The first-order chi connectivity index (χ1) is 12.7. The van der Waals surface area contributed by atoms with E-state index in [4.69, 9.17) is 9.47 Å². The lowest BCUT2D eigenvalue weighted by molar-refractivity contribution is 0.0155. The Labute approximate surface area is 171 Å². The Morgan fingerprint density at radius 2 is 1.23 bits per heavy atom. The van der Waals surface area contributed by atoms with E-state index in [9.17, 15) is 4.79 Å². The van der Waals surface area contributed by atoms with Crippen LogP contribution in [0.3, 0.4) is 0 Å². The summed E-state index contributed by atoms with van der Waals surface area (Å²) >= 11 is 3.43. The molecule has 0 aromatic heterocycles. The maximum Gasteiger partial charge on any atom is 0.508 e. The van der Waals surface area contributed by atoms with Crippen molar-refractivity contribution >= 4 is 22.1 Å². The number of rotatable bonds is 19. The van der Waals surface area contributed by atoms with Crippen LogP contribution in [0.2, 0.25) is 0 Å². The molecule has 0 aliphatic heterocycles. The van der Waals surface area contributed by atoms with Gasteiger partial charge in [0.2, 0.25) is 0 Å². The minimum Gasteiger partial charge on any atom is -0.434 e. The van der Waals surface area contributed by atoms with Crippen LogP contribution in [0.1, 0.15) is 117 Å². The summed E-state index contributed by atoms with van der Waals surface area (Å²) in [6, 6.07) is 0. The first kappa shape index (κ1) is 25.8. The number of alkyl halides is 1. The van der Waals surface area contributed by atoms with E-state index in [0.717, 1.165) is 43.9 Å². The zero-order valence-corrected chi connectivity index (χ0v) is 19.0. The molecule has 1 atom stereocenters. The molecule has 0 spiro atoms. The summed E-state index contributed by atoms with van der Waals surface area (Å²) in [6.45, 7) is 4.95. The van der Waals surface area contributed by atoms with Gasteiger partial charge >= 0.3 is 6.16 Å². The molecular formula is C22H43BrO3. The van der Waals surface area contributed by atoms with E-state index in [2.05, 4.69) is 29.8 Å². The number of carbonyl (C=O) groups is 1. The van der Waals surface area contributed by atoms with Gasteiger partial charge in [0.15, 0.2) is 0 Å². The molecule has 4 heteroatoms. The number of unbranched alkanes of at least 4 members (excludes halogenated alkanes) is 11. The summed E-state index contributed by atoms with van der Waals surface area (Å²) in [5, 5.41) is 1.05. The molecule has 1 unspecified atom stereocenters. The molecule has 3 nitrogen and oxygen atoms in total. The second-order valence-corrected chi connectivity index (χ2v) is 8.14. The average Bonchev–Trinajstić information content (AvgIpc) is 2.64. The van der Waals surface area contributed by atoms with Crippen LogP contribution in [-0.4, -0.2) is 24.2 Å². The van der Waals surface area contributed by atoms with Gasteiger partial charge in [0.05, 0.1) is 6.61 Å². The number of ether oxygens (including phenoxy) is 2. The molecule has 0 rings (SSSR count). The summed E-state index contributed by atoms with van der Waals surface area (Å²) in [4.78, 5) is 12.0. The van der Waals surface area contributed by atoms with Crippen LogP contribution in [-0.2, 0) is 9.47 Å². The van der Waals surface area contributed by atoms with Gasteiger partial charge in [0, 0.05) is 5.33 Å². The van der Waals surface area contributed by atoms with Crippen molar-refractivity contribution < 1.29 is 14.3 Å². The van der Waals surface area contributed by atoms with Crippen molar-refractivity contribution in [1.82, 2.24) is 0 Å². The van der Waals surface area contributed by atoms with Gasteiger partial charge in [-0.05, 0) is 38.5 Å². The molecule has 0 aromatic carbocycles. The highest BCUT2D eigenvalue weighted by Crippen LogP contribution is 2.17. The Balaban J connectivity index is 3.93. The van der Waals surface area contributed by atoms with Crippen LogP contribution in [0.4, 0.5) is 4.79 Å². The summed E-state index contributed by atoms with van der Waals surface area (Å²) in [6.07, 6.45) is 18.5. The molecular weight excluding hydrogens is 392 g/mol. The van der Waals surface area contributed by atoms with Crippen LogP contribution >= 0.6 is 15.9 Å². The van der Waals surface area contributed by atoms with Crippen LogP contribution in [0, 0.1) is 0 Å². The molecule has 0 aromatic rings. The average molecular weight is 435 g/mol. The topological polar surface area (TPSA) is 35.5 Å².